The zero-order valence-corrected chi connectivity index (χ0v) is 11.9. The molecule has 0 aromatic rings. The number of hydrogen-bond donors (Lipinski definition) is 1. The minimum Gasteiger partial charge on any atom is -0.350 e. The highest BCUT2D eigenvalue weighted by Gasteiger charge is 2.47. The van der Waals surface area contributed by atoms with E-state index in [1.165, 1.54) is 0 Å². The van der Waals surface area contributed by atoms with Gasteiger partial charge in [0.2, 0.25) is 5.91 Å². The molecular formula is C13H24ClNO. The first kappa shape index (κ1) is 13.8. The van der Waals surface area contributed by atoms with Crippen LogP contribution in [-0.2, 0) is 4.79 Å². The predicted octanol–water partition coefficient (Wildman–Crippen LogP) is 3.34. The molecule has 94 valence electrons. The summed E-state index contributed by atoms with van der Waals surface area (Å²) in [6.45, 7) is 11.3. The van der Waals surface area contributed by atoms with Crippen molar-refractivity contribution >= 4 is 17.5 Å². The molecule has 0 aromatic heterocycles. The number of nitrogens with one attached hydrogen (secondary N) is 1. The molecule has 0 radical (unpaired) electrons. The molecule has 1 aliphatic rings. The highest BCUT2D eigenvalue weighted by molar-refractivity contribution is 6.27. The van der Waals surface area contributed by atoms with Crippen LogP contribution in [0.15, 0.2) is 0 Å². The predicted molar refractivity (Wildman–Crippen MR) is 68.7 cm³/mol. The van der Waals surface area contributed by atoms with Gasteiger partial charge in [0, 0.05) is 5.54 Å². The monoisotopic (exact) mass is 245 g/mol. The molecule has 1 N–H and O–H groups in total. The Balaban J connectivity index is 2.77. The van der Waals surface area contributed by atoms with Gasteiger partial charge >= 0.3 is 0 Å². The van der Waals surface area contributed by atoms with E-state index in [2.05, 4.69) is 39.9 Å². The van der Waals surface area contributed by atoms with Gasteiger partial charge in [-0.2, -0.15) is 0 Å². The molecule has 16 heavy (non-hydrogen) atoms. The molecule has 1 aliphatic carbocycles. The summed E-state index contributed by atoms with van der Waals surface area (Å²) >= 11 is 5.55. The average Bonchev–Trinajstić information content (AvgIpc) is 2.12. The van der Waals surface area contributed by atoms with Crippen LogP contribution in [0.2, 0.25) is 0 Å². The molecule has 1 atom stereocenters. The van der Waals surface area contributed by atoms with Crippen molar-refractivity contribution in [2.45, 2.75) is 59.4 Å². The van der Waals surface area contributed by atoms with E-state index in [9.17, 15) is 4.79 Å². The van der Waals surface area contributed by atoms with Crippen LogP contribution in [0, 0.1) is 10.8 Å². The van der Waals surface area contributed by atoms with Crippen LogP contribution in [-0.4, -0.2) is 17.3 Å². The minimum atomic E-state index is -0.0923. The van der Waals surface area contributed by atoms with E-state index >= 15 is 0 Å². The van der Waals surface area contributed by atoms with Crippen molar-refractivity contribution in [2.75, 3.05) is 5.88 Å². The first-order valence-corrected chi connectivity index (χ1v) is 6.52. The second kappa shape index (κ2) is 4.21. The van der Waals surface area contributed by atoms with E-state index in [0.717, 1.165) is 19.3 Å². The van der Waals surface area contributed by atoms with E-state index in [1.807, 2.05) is 0 Å². The standard InChI is InChI=1S/C13H24ClNO/c1-11(2)6-7-13(5,9-12(11,3)4)15-10(16)8-14/h6-9H2,1-5H3,(H,15,16). The molecule has 0 aromatic carbocycles. The summed E-state index contributed by atoms with van der Waals surface area (Å²) in [5, 5.41) is 3.07. The minimum absolute atomic E-state index is 0.0550. The van der Waals surface area contributed by atoms with Gasteiger partial charge in [-0.3, -0.25) is 4.79 Å². The van der Waals surface area contributed by atoms with Crippen molar-refractivity contribution in [1.82, 2.24) is 5.32 Å². The van der Waals surface area contributed by atoms with Crippen molar-refractivity contribution in [3.63, 3.8) is 0 Å². The number of alkyl halides is 1. The number of amides is 1. The molecule has 0 saturated heterocycles. The van der Waals surface area contributed by atoms with Crippen molar-refractivity contribution in [1.29, 1.82) is 0 Å². The third kappa shape index (κ3) is 2.71. The quantitative estimate of drug-likeness (QED) is 0.743. The first-order chi connectivity index (χ1) is 7.12. The third-order valence-electron chi connectivity index (χ3n) is 4.53. The smallest absolute Gasteiger partial charge is 0.235 e. The molecule has 3 heteroatoms. The topological polar surface area (TPSA) is 29.1 Å². The van der Waals surface area contributed by atoms with Crippen LogP contribution in [0.1, 0.15) is 53.9 Å². The Morgan fingerprint density at radius 3 is 2.12 bits per heavy atom. The molecule has 1 unspecified atom stereocenters. The lowest BCUT2D eigenvalue weighted by Crippen LogP contribution is -2.55. The molecule has 0 spiro atoms. The largest absolute Gasteiger partial charge is 0.350 e. The van der Waals surface area contributed by atoms with E-state index in [4.69, 9.17) is 11.6 Å². The molecule has 1 amide bonds. The Morgan fingerprint density at radius 2 is 1.69 bits per heavy atom. The summed E-state index contributed by atoms with van der Waals surface area (Å²) < 4.78 is 0. The Kier molecular flexibility index (Phi) is 3.64. The lowest BCUT2D eigenvalue weighted by atomic mass is 9.55. The first-order valence-electron chi connectivity index (χ1n) is 5.99. The van der Waals surface area contributed by atoms with E-state index in [-0.39, 0.29) is 22.7 Å². The van der Waals surface area contributed by atoms with Crippen LogP contribution < -0.4 is 5.32 Å². The van der Waals surface area contributed by atoms with Gasteiger partial charge in [0.1, 0.15) is 5.88 Å². The second-order valence-electron chi connectivity index (χ2n) is 6.69. The second-order valence-corrected chi connectivity index (χ2v) is 6.95. The number of carbonyl (C=O) groups is 1. The van der Waals surface area contributed by atoms with Crippen LogP contribution in [0.3, 0.4) is 0 Å². The van der Waals surface area contributed by atoms with Crippen LogP contribution in [0.4, 0.5) is 0 Å². The van der Waals surface area contributed by atoms with Crippen molar-refractivity contribution in [3.05, 3.63) is 0 Å². The maximum absolute atomic E-state index is 11.4. The van der Waals surface area contributed by atoms with Gasteiger partial charge in [-0.25, -0.2) is 0 Å². The summed E-state index contributed by atoms with van der Waals surface area (Å²) in [7, 11) is 0. The Bertz CT molecular complexity index is 286. The molecule has 0 heterocycles. The van der Waals surface area contributed by atoms with Gasteiger partial charge in [-0.05, 0) is 37.0 Å². The van der Waals surface area contributed by atoms with E-state index in [1.54, 1.807) is 0 Å². The van der Waals surface area contributed by atoms with Crippen LogP contribution in [0.5, 0.6) is 0 Å². The lowest BCUT2D eigenvalue weighted by molar-refractivity contribution is -0.122. The maximum atomic E-state index is 11.4. The molecule has 1 rings (SSSR count). The van der Waals surface area contributed by atoms with Gasteiger partial charge in [0.05, 0.1) is 0 Å². The van der Waals surface area contributed by atoms with Gasteiger partial charge < -0.3 is 5.32 Å². The third-order valence-corrected chi connectivity index (χ3v) is 4.77. The van der Waals surface area contributed by atoms with Crippen molar-refractivity contribution in [2.24, 2.45) is 10.8 Å². The molecule has 1 fully saturated rings. The average molecular weight is 246 g/mol. The Labute approximate surface area is 104 Å². The van der Waals surface area contributed by atoms with Gasteiger partial charge in [-0.15, -0.1) is 11.6 Å². The van der Waals surface area contributed by atoms with Crippen LogP contribution in [0.25, 0.3) is 0 Å². The summed E-state index contributed by atoms with van der Waals surface area (Å²) in [6.07, 6.45) is 3.18. The fraction of sp³-hybridized carbons (Fsp3) is 0.923. The lowest BCUT2D eigenvalue weighted by Gasteiger charge is -2.53. The zero-order valence-electron chi connectivity index (χ0n) is 11.1. The molecule has 1 saturated carbocycles. The number of hydrogen-bond acceptors (Lipinski definition) is 1. The maximum Gasteiger partial charge on any atom is 0.235 e. The summed E-state index contributed by atoms with van der Waals surface area (Å²) in [6, 6.07) is 0. The molecule has 0 aliphatic heterocycles. The van der Waals surface area contributed by atoms with Gasteiger partial charge in [-0.1, -0.05) is 27.7 Å². The Morgan fingerprint density at radius 1 is 1.12 bits per heavy atom. The number of halogens is 1. The van der Waals surface area contributed by atoms with Gasteiger partial charge in [0.25, 0.3) is 0 Å². The van der Waals surface area contributed by atoms with Crippen LogP contribution >= 0.6 is 11.6 Å². The highest BCUT2D eigenvalue weighted by atomic mass is 35.5. The van der Waals surface area contributed by atoms with Crippen molar-refractivity contribution in [3.8, 4) is 0 Å². The molecule has 0 bridgehead atoms. The number of carbonyl (C=O) groups excluding carboxylic acids is 1. The van der Waals surface area contributed by atoms with E-state index < -0.39 is 0 Å². The Hall–Kier alpha value is -0.240. The summed E-state index contributed by atoms with van der Waals surface area (Å²) in [5.74, 6) is -0.000887. The molecule has 2 nitrogen and oxygen atoms in total. The highest BCUT2D eigenvalue weighted by Crippen LogP contribution is 2.52. The fourth-order valence-corrected chi connectivity index (χ4v) is 2.77. The van der Waals surface area contributed by atoms with Gasteiger partial charge in [0.15, 0.2) is 0 Å². The summed E-state index contributed by atoms with van der Waals surface area (Å²) in [4.78, 5) is 11.4. The van der Waals surface area contributed by atoms with Crippen molar-refractivity contribution < 1.29 is 4.79 Å². The fourth-order valence-electron chi connectivity index (χ4n) is 2.71. The SMILES string of the molecule is CC1(NC(=O)CCl)CCC(C)(C)C(C)(C)C1. The normalized spacial score (nSPS) is 32.1. The summed E-state index contributed by atoms with van der Waals surface area (Å²) in [5.41, 5.74) is 0.475. The zero-order chi connectivity index (χ0) is 12.6. The molecular weight excluding hydrogens is 222 g/mol. The van der Waals surface area contributed by atoms with E-state index in [0.29, 0.717) is 5.41 Å². The number of rotatable bonds is 2.